The maximum absolute atomic E-state index is 12.6. The third kappa shape index (κ3) is 12.1. The van der Waals surface area contributed by atoms with E-state index in [1.807, 2.05) is 0 Å². The van der Waals surface area contributed by atoms with E-state index < -0.39 is 49.6 Å². The maximum Gasteiger partial charge on any atom is 0.336 e. The van der Waals surface area contributed by atoms with Crippen molar-refractivity contribution in [3.63, 3.8) is 0 Å². The molecular weight excluding hydrogens is 518 g/mol. The number of hydrogen-bond donors (Lipinski definition) is 7. The third-order valence-corrected chi connectivity index (χ3v) is 4.95. The highest BCUT2D eigenvalue weighted by molar-refractivity contribution is 5.81. The van der Waals surface area contributed by atoms with E-state index in [-0.39, 0.29) is 26.2 Å². The van der Waals surface area contributed by atoms with Gasteiger partial charge in [-0.25, -0.2) is 9.59 Å². The largest absolute Gasteiger partial charge is 0.480 e. The summed E-state index contributed by atoms with van der Waals surface area (Å²) in [4.78, 5) is 70.0. The van der Waals surface area contributed by atoms with Gasteiger partial charge in [-0.2, -0.15) is 0 Å². The third-order valence-electron chi connectivity index (χ3n) is 4.95. The normalized spacial score (nSPS) is 10.3. The van der Waals surface area contributed by atoms with Crippen molar-refractivity contribution in [3.05, 3.63) is 49.1 Å². The molecule has 0 atom stereocenters. The Bertz CT molecular complexity index is 1030. The van der Waals surface area contributed by atoms with E-state index in [1.54, 1.807) is 24.3 Å². The van der Waals surface area contributed by atoms with E-state index in [0.29, 0.717) is 11.4 Å². The molecule has 0 fully saturated rings. The molecule has 0 unspecified atom stereocenters. The molecular formula is C22H29N9O8. The van der Waals surface area contributed by atoms with Crippen LogP contribution in [0.5, 0.6) is 0 Å². The van der Waals surface area contributed by atoms with Crippen LogP contribution in [0.1, 0.15) is 0 Å². The molecule has 17 nitrogen and oxygen atoms in total. The molecule has 0 aliphatic carbocycles. The van der Waals surface area contributed by atoms with Crippen LogP contribution < -0.4 is 21.7 Å². The van der Waals surface area contributed by atoms with Gasteiger partial charge < -0.3 is 25.1 Å². The number of pyridine rings is 2. The van der Waals surface area contributed by atoms with E-state index in [4.69, 9.17) is 0 Å². The lowest BCUT2D eigenvalue weighted by Crippen LogP contribution is -2.50. The first-order chi connectivity index (χ1) is 18.6. The lowest BCUT2D eigenvalue weighted by atomic mass is 10.3. The number of carboxylic acid groups (broad SMARTS) is 3. The summed E-state index contributed by atoms with van der Waals surface area (Å²) in [7, 11) is 0. The Labute approximate surface area is 222 Å². The minimum absolute atomic E-state index is 0.0833. The van der Waals surface area contributed by atoms with Crippen molar-refractivity contribution in [2.24, 2.45) is 0 Å². The first-order valence-corrected chi connectivity index (χ1v) is 11.4. The van der Waals surface area contributed by atoms with Crippen LogP contribution in [0.2, 0.25) is 0 Å². The fraction of sp³-hybridized carbons (Fsp3) is 0.318. The van der Waals surface area contributed by atoms with Gasteiger partial charge in [0.15, 0.2) is 0 Å². The van der Waals surface area contributed by atoms with Crippen LogP contribution in [0.3, 0.4) is 0 Å². The lowest BCUT2D eigenvalue weighted by molar-refractivity contribution is -0.140. The topological polar surface area (TPSA) is 230 Å². The van der Waals surface area contributed by atoms with E-state index >= 15 is 0 Å². The second-order valence-electron chi connectivity index (χ2n) is 7.88. The number of urea groups is 2. The maximum atomic E-state index is 12.6. The van der Waals surface area contributed by atoms with Gasteiger partial charge in [-0.1, -0.05) is 0 Å². The predicted octanol–water partition coefficient (Wildman–Crippen LogP) is -0.590. The SMILES string of the molecule is O=C(O)CN(CCN(CC(=O)O)C(=O)NNc1ccncc1)CCN(CC(=O)O)C(=O)NNc1ccncc1. The number of hydrogen-bond acceptors (Lipinski definition) is 10. The number of nitrogens with one attached hydrogen (secondary N) is 4. The van der Waals surface area contributed by atoms with Gasteiger partial charge in [0.1, 0.15) is 13.1 Å². The summed E-state index contributed by atoms with van der Waals surface area (Å²) in [6.07, 6.45) is 5.93. The zero-order valence-corrected chi connectivity index (χ0v) is 20.7. The van der Waals surface area contributed by atoms with Crippen molar-refractivity contribution in [2.75, 3.05) is 56.7 Å². The second-order valence-corrected chi connectivity index (χ2v) is 7.88. The van der Waals surface area contributed by atoms with Gasteiger partial charge >= 0.3 is 30.0 Å². The Morgan fingerprint density at radius 1 is 0.590 bits per heavy atom. The predicted molar refractivity (Wildman–Crippen MR) is 135 cm³/mol. The number of amides is 4. The van der Waals surface area contributed by atoms with Crippen LogP contribution in [0, 0.1) is 0 Å². The van der Waals surface area contributed by atoms with Gasteiger partial charge in [-0.15, -0.1) is 0 Å². The van der Waals surface area contributed by atoms with Crippen LogP contribution in [0.15, 0.2) is 49.1 Å². The Kier molecular flexibility index (Phi) is 12.2. The Morgan fingerprint density at radius 2 is 0.949 bits per heavy atom. The first kappa shape index (κ1) is 30.0. The molecule has 0 spiro atoms. The summed E-state index contributed by atoms with van der Waals surface area (Å²) < 4.78 is 0. The molecule has 0 aromatic carbocycles. The minimum Gasteiger partial charge on any atom is -0.480 e. The standard InChI is InChI=1S/C22H29N9O8/c32-18(33)13-29(9-11-30(14-19(34)35)21(38)27-25-16-1-5-23-6-2-16)10-12-31(15-20(36)37)22(39)28-26-17-3-7-24-8-4-17/h1-8H,9-15H2,(H,23,25)(H,24,26)(H,27,38)(H,28,39)(H,32,33)(H,34,35)(H,36,37). The number of anilines is 2. The van der Waals surface area contributed by atoms with Gasteiger partial charge in [-0.3, -0.25) is 51.0 Å². The monoisotopic (exact) mass is 547 g/mol. The van der Waals surface area contributed by atoms with Crippen LogP contribution in [0.25, 0.3) is 0 Å². The summed E-state index contributed by atoms with van der Waals surface area (Å²) in [5.41, 5.74) is 10.9. The number of carbonyl (C=O) groups is 5. The molecule has 0 aliphatic rings. The molecule has 0 aliphatic heterocycles. The molecule has 0 bridgehead atoms. The molecule has 0 radical (unpaired) electrons. The molecule has 4 amide bonds. The van der Waals surface area contributed by atoms with E-state index in [1.165, 1.54) is 29.7 Å². The Hall–Kier alpha value is -5.19. The highest BCUT2D eigenvalue weighted by Crippen LogP contribution is 2.03. The number of aromatic nitrogens is 2. The van der Waals surface area contributed by atoms with E-state index in [9.17, 15) is 39.3 Å². The molecule has 17 heteroatoms. The van der Waals surface area contributed by atoms with Crippen LogP contribution in [0.4, 0.5) is 21.0 Å². The molecule has 7 N–H and O–H groups in total. The summed E-state index contributed by atoms with van der Waals surface area (Å²) in [6.45, 7) is -2.37. The zero-order chi connectivity index (χ0) is 28.6. The fourth-order valence-electron chi connectivity index (χ4n) is 3.10. The molecule has 2 aromatic heterocycles. The van der Waals surface area contributed by atoms with Crippen molar-refractivity contribution in [3.8, 4) is 0 Å². The van der Waals surface area contributed by atoms with Gasteiger partial charge in [-0.05, 0) is 24.3 Å². The van der Waals surface area contributed by atoms with Crippen LogP contribution >= 0.6 is 0 Å². The summed E-state index contributed by atoms with van der Waals surface area (Å²) >= 11 is 0. The molecule has 0 saturated heterocycles. The van der Waals surface area contributed by atoms with Crippen molar-refractivity contribution in [1.82, 2.24) is 35.5 Å². The van der Waals surface area contributed by atoms with Gasteiger partial charge in [0, 0.05) is 51.0 Å². The fourth-order valence-corrected chi connectivity index (χ4v) is 3.10. The highest BCUT2D eigenvalue weighted by atomic mass is 16.4. The Morgan fingerprint density at radius 3 is 1.28 bits per heavy atom. The van der Waals surface area contributed by atoms with Crippen LogP contribution in [-0.2, 0) is 14.4 Å². The lowest BCUT2D eigenvalue weighted by Gasteiger charge is -2.28. The van der Waals surface area contributed by atoms with Crippen LogP contribution in [-0.4, -0.2) is 116 Å². The number of carboxylic acids is 3. The smallest absolute Gasteiger partial charge is 0.336 e. The van der Waals surface area contributed by atoms with Gasteiger partial charge in [0.2, 0.25) is 0 Å². The van der Waals surface area contributed by atoms with Crippen molar-refractivity contribution in [1.29, 1.82) is 0 Å². The van der Waals surface area contributed by atoms with Crippen molar-refractivity contribution in [2.45, 2.75) is 0 Å². The number of hydrazine groups is 2. The zero-order valence-electron chi connectivity index (χ0n) is 20.7. The summed E-state index contributed by atoms with van der Waals surface area (Å²) in [5.74, 6) is -3.79. The van der Waals surface area contributed by atoms with Gasteiger partial charge in [0.25, 0.3) is 0 Å². The number of rotatable bonds is 16. The molecule has 210 valence electrons. The van der Waals surface area contributed by atoms with Crippen molar-refractivity contribution >= 4 is 41.3 Å². The molecule has 2 heterocycles. The number of nitrogens with zero attached hydrogens (tertiary/aromatic N) is 5. The molecule has 0 saturated carbocycles. The quantitative estimate of drug-likeness (QED) is 0.130. The Balaban J connectivity index is 1.99. The van der Waals surface area contributed by atoms with E-state index in [0.717, 1.165) is 9.80 Å². The van der Waals surface area contributed by atoms with E-state index in [2.05, 4.69) is 31.7 Å². The molecule has 2 aromatic rings. The molecule has 39 heavy (non-hydrogen) atoms. The average Bonchev–Trinajstić information content (AvgIpc) is 2.90. The summed E-state index contributed by atoms with van der Waals surface area (Å²) in [5, 5.41) is 27.7. The average molecular weight is 548 g/mol. The highest BCUT2D eigenvalue weighted by Gasteiger charge is 2.22. The number of aliphatic carboxylic acids is 3. The minimum atomic E-state index is -1.29. The van der Waals surface area contributed by atoms with Gasteiger partial charge in [0.05, 0.1) is 17.9 Å². The summed E-state index contributed by atoms with van der Waals surface area (Å²) in [6, 6.07) is 4.73. The van der Waals surface area contributed by atoms with Crippen molar-refractivity contribution < 1.29 is 39.3 Å². The first-order valence-electron chi connectivity index (χ1n) is 11.4. The second kappa shape index (κ2) is 15.8. The molecule has 2 rings (SSSR count). The number of carbonyl (C=O) groups excluding carboxylic acids is 2.